The Kier molecular flexibility index (Phi) is 8.20. The van der Waals surface area contributed by atoms with Crippen molar-refractivity contribution in [3.8, 4) is 0 Å². The molecule has 0 heterocycles. The van der Waals surface area contributed by atoms with Gasteiger partial charge in [-0.2, -0.15) is 0 Å². The van der Waals surface area contributed by atoms with Gasteiger partial charge in [-0.1, -0.05) is 27.7 Å². The number of esters is 1. The van der Waals surface area contributed by atoms with Crippen LogP contribution < -0.4 is 5.32 Å². The normalized spacial score (nSPS) is 14.9. The highest BCUT2D eigenvalue weighted by atomic mass is 16.5. The van der Waals surface area contributed by atoms with Crippen LogP contribution in [0.4, 0.5) is 0 Å². The summed E-state index contributed by atoms with van der Waals surface area (Å²) in [6.45, 7) is 14.3. The topological polar surface area (TPSA) is 41.6 Å². The molecule has 0 rings (SSSR count). The molecule has 0 aliphatic rings. The highest BCUT2D eigenvalue weighted by Gasteiger charge is 2.33. The summed E-state index contributed by atoms with van der Waals surface area (Å²) in [7, 11) is 1.45. The maximum Gasteiger partial charge on any atom is 0.325 e. The van der Waals surface area contributed by atoms with Gasteiger partial charge in [0.25, 0.3) is 0 Å². The SMILES string of the molecule is CCNC(C)(CCN(CC)CC(C)C)C(=O)OC. The fraction of sp³-hybridized carbons (Fsp3) is 0.929. The summed E-state index contributed by atoms with van der Waals surface area (Å²) >= 11 is 0. The number of methoxy groups -OCH3 is 1. The number of nitrogens with zero attached hydrogens (tertiary/aromatic N) is 1. The van der Waals surface area contributed by atoms with Gasteiger partial charge in [0, 0.05) is 13.1 Å². The largest absolute Gasteiger partial charge is 0.468 e. The summed E-state index contributed by atoms with van der Waals surface area (Å²) in [6.07, 6.45) is 0.772. The first-order chi connectivity index (χ1) is 8.39. The smallest absolute Gasteiger partial charge is 0.325 e. The second kappa shape index (κ2) is 8.48. The molecule has 0 aliphatic heterocycles. The first-order valence-electron chi connectivity index (χ1n) is 6.95. The van der Waals surface area contributed by atoms with Crippen LogP contribution >= 0.6 is 0 Å². The van der Waals surface area contributed by atoms with Gasteiger partial charge in [0.15, 0.2) is 0 Å². The minimum Gasteiger partial charge on any atom is -0.468 e. The van der Waals surface area contributed by atoms with Gasteiger partial charge in [-0.25, -0.2) is 0 Å². The van der Waals surface area contributed by atoms with E-state index in [-0.39, 0.29) is 5.97 Å². The number of hydrogen-bond donors (Lipinski definition) is 1. The van der Waals surface area contributed by atoms with Gasteiger partial charge in [-0.05, 0) is 32.4 Å². The van der Waals surface area contributed by atoms with Gasteiger partial charge in [0.1, 0.15) is 5.54 Å². The molecule has 1 N–H and O–H groups in total. The number of hydrogen-bond acceptors (Lipinski definition) is 4. The Bertz CT molecular complexity index is 244. The van der Waals surface area contributed by atoms with Crippen molar-refractivity contribution in [3.63, 3.8) is 0 Å². The van der Waals surface area contributed by atoms with Crippen molar-refractivity contribution in [3.05, 3.63) is 0 Å². The lowest BCUT2D eigenvalue weighted by molar-refractivity contribution is -0.148. The average Bonchev–Trinajstić information content (AvgIpc) is 2.33. The molecule has 1 unspecified atom stereocenters. The summed E-state index contributed by atoms with van der Waals surface area (Å²) in [5.41, 5.74) is -0.575. The molecule has 0 saturated heterocycles. The molecule has 4 nitrogen and oxygen atoms in total. The molecular formula is C14H30N2O2. The standard InChI is InChI=1S/C14H30N2O2/c1-7-15-14(5,13(17)18-6)9-10-16(8-2)11-12(3)4/h12,15H,7-11H2,1-6H3. The fourth-order valence-electron chi connectivity index (χ4n) is 2.15. The van der Waals surface area contributed by atoms with Gasteiger partial charge in [-0.3, -0.25) is 4.79 Å². The average molecular weight is 258 g/mol. The summed E-state index contributed by atoms with van der Waals surface area (Å²) in [4.78, 5) is 14.2. The van der Waals surface area contributed by atoms with Crippen molar-refractivity contribution < 1.29 is 9.53 Å². The molecule has 0 saturated carbocycles. The van der Waals surface area contributed by atoms with Gasteiger partial charge < -0.3 is 15.0 Å². The van der Waals surface area contributed by atoms with E-state index in [2.05, 4.69) is 31.0 Å². The van der Waals surface area contributed by atoms with Crippen molar-refractivity contribution in [1.29, 1.82) is 0 Å². The van der Waals surface area contributed by atoms with Gasteiger partial charge >= 0.3 is 5.97 Å². The third-order valence-electron chi connectivity index (χ3n) is 3.20. The Balaban J connectivity index is 4.45. The first kappa shape index (κ1) is 17.4. The van der Waals surface area contributed by atoms with Crippen LogP contribution in [0.25, 0.3) is 0 Å². The second-order valence-corrected chi connectivity index (χ2v) is 5.39. The van der Waals surface area contributed by atoms with Crippen LogP contribution in [0, 0.1) is 5.92 Å². The molecule has 0 aromatic carbocycles. The van der Waals surface area contributed by atoms with E-state index < -0.39 is 5.54 Å². The summed E-state index contributed by atoms with van der Waals surface area (Å²) in [5, 5.41) is 3.24. The van der Waals surface area contributed by atoms with E-state index in [4.69, 9.17) is 4.74 Å². The predicted octanol–water partition coefficient (Wildman–Crippen LogP) is 1.90. The number of likely N-dealkylation sites (N-methyl/N-ethyl adjacent to an activating group) is 1. The zero-order valence-corrected chi connectivity index (χ0v) is 12.9. The van der Waals surface area contributed by atoms with Crippen LogP contribution in [0.3, 0.4) is 0 Å². The monoisotopic (exact) mass is 258 g/mol. The van der Waals surface area contributed by atoms with E-state index in [1.807, 2.05) is 13.8 Å². The molecule has 0 aromatic heterocycles. The van der Waals surface area contributed by atoms with E-state index >= 15 is 0 Å². The van der Waals surface area contributed by atoms with Gasteiger partial charge in [0.2, 0.25) is 0 Å². The van der Waals surface area contributed by atoms with E-state index in [1.54, 1.807) is 0 Å². The molecule has 4 heteroatoms. The highest BCUT2D eigenvalue weighted by molar-refractivity contribution is 5.80. The second-order valence-electron chi connectivity index (χ2n) is 5.39. The summed E-state index contributed by atoms with van der Waals surface area (Å²) in [5.74, 6) is 0.471. The molecule has 108 valence electrons. The lowest BCUT2D eigenvalue weighted by Crippen LogP contribution is -2.52. The maximum absolute atomic E-state index is 11.8. The third-order valence-corrected chi connectivity index (χ3v) is 3.20. The molecule has 0 spiro atoms. The van der Waals surface area contributed by atoms with Gasteiger partial charge in [-0.15, -0.1) is 0 Å². The quantitative estimate of drug-likeness (QED) is 0.641. The molecule has 0 fully saturated rings. The Labute approximate surface area is 112 Å². The molecule has 1 atom stereocenters. The zero-order chi connectivity index (χ0) is 14.2. The van der Waals surface area contributed by atoms with E-state index in [9.17, 15) is 4.79 Å². The van der Waals surface area contributed by atoms with Crippen molar-refractivity contribution in [1.82, 2.24) is 10.2 Å². The lowest BCUT2D eigenvalue weighted by Gasteiger charge is -2.31. The van der Waals surface area contributed by atoms with Crippen molar-refractivity contribution in [2.45, 2.75) is 46.6 Å². The fourth-order valence-corrected chi connectivity index (χ4v) is 2.15. The summed E-state index contributed by atoms with van der Waals surface area (Å²) in [6, 6.07) is 0. The van der Waals surface area contributed by atoms with Crippen LogP contribution in [-0.4, -0.2) is 49.7 Å². The van der Waals surface area contributed by atoms with E-state index in [1.165, 1.54) is 7.11 Å². The van der Waals surface area contributed by atoms with E-state index in [0.29, 0.717) is 5.92 Å². The molecule has 0 aliphatic carbocycles. The first-order valence-corrected chi connectivity index (χ1v) is 6.95. The van der Waals surface area contributed by atoms with Crippen molar-refractivity contribution >= 4 is 5.97 Å². The molecule has 18 heavy (non-hydrogen) atoms. The minimum absolute atomic E-state index is 0.176. The Morgan fingerprint density at radius 1 is 1.39 bits per heavy atom. The number of nitrogens with one attached hydrogen (secondary N) is 1. The highest BCUT2D eigenvalue weighted by Crippen LogP contribution is 2.13. The van der Waals surface area contributed by atoms with Crippen LogP contribution in [0.15, 0.2) is 0 Å². The van der Waals surface area contributed by atoms with E-state index in [0.717, 1.165) is 32.6 Å². The molecule has 0 aromatic rings. The molecule has 0 bridgehead atoms. The number of carbonyl (C=O) groups excluding carboxylic acids is 1. The minimum atomic E-state index is -0.575. The molecular weight excluding hydrogens is 228 g/mol. The number of carbonyl (C=O) groups is 1. The number of rotatable bonds is 9. The lowest BCUT2D eigenvalue weighted by atomic mass is 9.97. The van der Waals surface area contributed by atoms with Crippen LogP contribution in [-0.2, 0) is 9.53 Å². The zero-order valence-electron chi connectivity index (χ0n) is 12.9. The maximum atomic E-state index is 11.8. The summed E-state index contributed by atoms with van der Waals surface area (Å²) < 4.78 is 4.89. The number of ether oxygens (including phenoxy) is 1. The Morgan fingerprint density at radius 3 is 2.39 bits per heavy atom. The Morgan fingerprint density at radius 2 is 2.00 bits per heavy atom. The molecule has 0 amide bonds. The predicted molar refractivity (Wildman–Crippen MR) is 75.7 cm³/mol. The molecule has 0 radical (unpaired) electrons. The van der Waals surface area contributed by atoms with Crippen LogP contribution in [0.5, 0.6) is 0 Å². The Hall–Kier alpha value is -0.610. The van der Waals surface area contributed by atoms with Crippen LogP contribution in [0.2, 0.25) is 0 Å². The van der Waals surface area contributed by atoms with Crippen molar-refractivity contribution in [2.75, 3.05) is 33.3 Å². The van der Waals surface area contributed by atoms with Crippen LogP contribution in [0.1, 0.15) is 41.0 Å². The van der Waals surface area contributed by atoms with Crippen molar-refractivity contribution in [2.24, 2.45) is 5.92 Å². The third kappa shape index (κ3) is 5.83. The van der Waals surface area contributed by atoms with Gasteiger partial charge in [0.05, 0.1) is 7.11 Å².